The number of hydrogen-bond acceptors (Lipinski definition) is 3. The van der Waals surface area contributed by atoms with Gasteiger partial charge in [-0.3, -0.25) is 4.79 Å². The maximum atomic E-state index is 12.3. The molecule has 1 heterocycles. The van der Waals surface area contributed by atoms with E-state index in [9.17, 15) is 9.59 Å². The van der Waals surface area contributed by atoms with Gasteiger partial charge in [-0.2, -0.15) is 0 Å². The van der Waals surface area contributed by atoms with Crippen molar-refractivity contribution in [3.8, 4) is 0 Å². The molecule has 1 saturated heterocycles. The maximum absolute atomic E-state index is 12.3. The fourth-order valence-corrected chi connectivity index (χ4v) is 3.09. The minimum absolute atomic E-state index is 0.00787. The minimum atomic E-state index is -0.393. The lowest BCUT2D eigenvalue weighted by molar-refractivity contribution is -0.137. The van der Waals surface area contributed by atoms with Gasteiger partial charge in [-0.05, 0) is 31.6 Å². The highest BCUT2D eigenvalue weighted by atomic mass is 16.2. The highest BCUT2D eigenvalue weighted by Gasteiger charge is 2.34. The van der Waals surface area contributed by atoms with Crippen molar-refractivity contribution in [1.82, 2.24) is 4.90 Å². The van der Waals surface area contributed by atoms with Gasteiger partial charge >= 0.3 is 0 Å². The molecule has 2 unspecified atom stereocenters. The monoisotopic (exact) mass is 238 g/mol. The lowest BCUT2D eigenvalue weighted by Gasteiger charge is -2.31. The highest BCUT2D eigenvalue weighted by molar-refractivity contribution is 5.85. The van der Waals surface area contributed by atoms with Crippen molar-refractivity contribution in [2.24, 2.45) is 11.7 Å². The van der Waals surface area contributed by atoms with Crippen LogP contribution < -0.4 is 5.73 Å². The van der Waals surface area contributed by atoms with Crippen molar-refractivity contribution in [2.75, 3.05) is 6.54 Å². The molecule has 2 aliphatic rings. The maximum Gasteiger partial charge on any atom is 0.240 e. The molecule has 2 N–H and O–H groups in total. The van der Waals surface area contributed by atoms with Crippen LogP contribution in [0.1, 0.15) is 44.9 Å². The normalized spacial score (nSPS) is 28.1. The van der Waals surface area contributed by atoms with Gasteiger partial charge in [-0.25, -0.2) is 0 Å². The predicted molar refractivity (Wildman–Crippen MR) is 65.3 cm³/mol. The Kier molecular flexibility index (Phi) is 4.15. The molecular weight excluding hydrogens is 216 g/mol. The van der Waals surface area contributed by atoms with Gasteiger partial charge in [0.05, 0.1) is 12.1 Å². The standard InChI is InChI=1S/C13H22N2O2/c14-12(10-5-2-1-3-6-10)13(17)15-8-4-7-11(15)9-16/h9-12H,1-8,14H2. The predicted octanol–water partition coefficient (Wildman–Crippen LogP) is 1.08. The van der Waals surface area contributed by atoms with Gasteiger partial charge in [-0.15, -0.1) is 0 Å². The van der Waals surface area contributed by atoms with E-state index in [2.05, 4.69) is 0 Å². The summed E-state index contributed by atoms with van der Waals surface area (Å²) in [6, 6.07) is -0.618. The second kappa shape index (κ2) is 5.63. The largest absolute Gasteiger partial charge is 0.332 e. The first kappa shape index (κ1) is 12.6. The van der Waals surface area contributed by atoms with Gasteiger partial charge in [0.1, 0.15) is 6.29 Å². The third-order valence-electron chi connectivity index (χ3n) is 4.18. The van der Waals surface area contributed by atoms with Crippen LogP contribution in [0.3, 0.4) is 0 Å². The first-order valence-corrected chi connectivity index (χ1v) is 6.75. The Bertz CT molecular complexity index is 287. The molecule has 1 amide bonds. The Morgan fingerprint density at radius 2 is 1.88 bits per heavy atom. The second-order valence-electron chi connectivity index (χ2n) is 5.30. The zero-order valence-corrected chi connectivity index (χ0v) is 10.3. The van der Waals surface area contributed by atoms with Gasteiger partial charge in [0.2, 0.25) is 5.91 Å². The third-order valence-corrected chi connectivity index (χ3v) is 4.18. The van der Waals surface area contributed by atoms with E-state index >= 15 is 0 Å². The molecule has 2 rings (SSSR count). The average molecular weight is 238 g/mol. The summed E-state index contributed by atoms with van der Waals surface area (Å²) in [4.78, 5) is 24.8. The smallest absolute Gasteiger partial charge is 0.240 e. The third kappa shape index (κ3) is 2.68. The number of carbonyl (C=O) groups excluding carboxylic acids is 2. The molecule has 96 valence electrons. The summed E-state index contributed by atoms with van der Waals surface area (Å²) >= 11 is 0. The summed E-state index contributed by atoms with van der Waals surface area (Å²) in [5, 5.41) is 0. The lowest BCUT2D eigenvalue weighted by atomic mass is 9.83. The Hall–Kier alpha value is -0.900. The Labute approximate surface area is 103 Å². The van der Waals surface area contributed by atoms with Crippen LogP contribution in [0.4, 0.5) is 0 Å². The van der Waals surface area contributed by atoms with Crippen LogP contribution in [0, 0.1) is 5.92 Å². The van der Waals surface area contributed by atoms with Crippen LogP contribution in [0.15, 0.2) is 0 Å². The highest BCUT2D eigenvalue weighted by Crippen LogP contribution is 2.27. The molecule has 0 spiro atoms. The lowest BCUT2D eigenvalue weighted by Crippen LogP contribution is -2.50. The summed E-state index contributed by atoms with van der Waals surface area (Å²) in [7, 11) is 0. The molecule has 4 nitrogen and oxygen atoms in total. The van der Waals surface area contributed by atoms with E-state index in [1.807, 2.05) is 0 Å². The molecular formula is C13H22N2O2. The van der Waals surface area contributed by atoms with Crippen LogP contribution in [-0.2, 0) is 9.59 Å². The van der Waals surface area contributed by atoms with Crippen molar-refractivity contribution in [2.45, 2.75) is 57.0 Å². The van der Waals surface area contributed by atoms with Crippen LogP contribution in [0.25, 0.3) is 0 Å². The molecule has 4 heteroatoms. The topological polar surface area (TPSA) is 63.4 Å². The van der Waals surface area contributed by atoms with Gasteiger partial charge in [0.25, 0.3) is 0 Å². The van der Waals surface area contributed by atoms with Crippen molar-refractivity contribution in [1.29, 1.82) is 0 Å². The number of rotatable bonds is 3. The van der Waals surface area contributed by atoms with Crippen LogP contribution in [0.5, 0.6) is 0 Å². The fourth-order valence-electron chi connectivity index (χ4n) is 3.09. The van der Waals surface area contributed by atoms with Crippen LogP contribution >= 0.6 is 0 Å². The average Bonchev–Trinajstić information content (AvgIpc) is 2.86. The summed E-state index contributed by atoms with van der Waals surface area (Å²) in [5.74, 6) is 0.315. The molecule has 0 aromatic rings. The molecule has 2 atom stereocenters. The number of amides is 1. The first-order valence-electron chi connectivity index (χ1n) is 6.75. The number of carbonyl (C=O) groups is 2. The number of nitrogens with zero attached hydrogens (tertiary/aromatic N) is 1. The number of likely N-dealkylation sites (tertiary alicyclic amines) is 1. The summed E-state index contributed by atoms with van der Waals surface area (Å²) in [6.45, 7) is 0.697. The van der Waals surface area contributed by atoms with Crippen LogP contribution in [0.2, 0.25) is 0 Å². The van der Waals surface area contributed by atoms with Gasteiger partial charge in [0.15, 0.2) is 0 Å². The zero-order valence-electron chi connectivity index (χ0n) is 10.3. The number of hydrogen-bond donors (Lipinski definition) is 1. The van der Waals surface area contributed by atoms with Crippen molar-refractivity contribution >= 4 is 12.2 Å². The molecule has 17 heavy (non-hydrogen) atoms. The van der Waals surface area contributed by atoms with E-state index in [0.29, 0.717) is 12.5 Å². The fraction of sp³-hybridized carbons (Fsp3) is 0.846. The molecule has 0 bridgehead atoms. The Morgan fingerprint density at radius 3 is 2.53 bits per heavy atom. The van der Waals surface area contributed by atoms with Gasteiger partial charge < -0.3 is 15.4 Å². The van der Waals surface area contributed by atoms with E-state index in [4.69, 9.17) is 5.73 Å². The quantitative estimate of drug-likeness (QED) is 0.748. The molecule has 0 aromatic carbocycles. The summed E-state index contributed by atoms with van der Waals surface area (Å²) in [6.07, 6.45) is 8.36. The SMILES string of the molecule is NC(C(=O)N1CCCC1C=O)C1CCCCC1. The number of aldehydes is 1. The van der Waals surface area contributed by atoms with Gasteiger partial charge in [-0.1, -0.05) is 19.3 Å². The van der Waals surface area contributed by atoms with Gasteiger partial charge in [0, 0.05) is 6.54 Å². The summed E-state index contributed by atoms with van der Waals surface area (Å²) < 4.78 is 0. The molecule has 1 saturated carbocycles. The molecule has 0 radical (unpaired) electrons. The van der Waals surface area contributed by atoms with E-state index in [1.165, 1.54) is 19.3 Å². The Morgan fingerprint density at radius 1 is 1.18 bits per heavy atom. The van der Waals surface area contributed by atoms with E-state index in [0.717, 1.165) is 32.0 Å². The molecule has 1 aliphatic carbocycles. The molecule has 0 aromatic heterocycles. The van der Waals surface area contributed by atoms with Crippen molar-refractivity contribution in [3.05, 3.63) is 0 Å². The minimum Gasteiger partial charge on any atom is -0.332 e. The Balaban J connectivity index is 1.95. The first-order chi connectivity index (χ1) is 8.24. The van der Waals surface area contributed by atoms with E-state index in [-0.39, 0.29) is 11.9 Å². The zero-order chi connectivity index (χ0) is 12.3. The van der Waals surface area contributed by atoms with Crippen LogP contribution in [-0.4, -0.2) is 35.7 Å². The van der Waals surface area contributed by atoms with Crippen molar-refractivity contribution in [3.63, 3.8) is 0 Å². The molecule has 2 fully saturated rings. The second-order valence-corrected chi connectivity index (χ2v) is 5.30. The van der Waals surface area contributed by atoms with E-state index < -0.39 is 6.04 Å². The van der Waals surface area contributed by atoms with E-state index in [1.54, 1.807) is 4.90 Å². The summed E-state index contributed by atoms with van der Waals surface area (Å²) in [5.41, 5.74) is 6.08. The number of nitrogens with two attached hydrogens (primary N) is 1. The van der Waals surface area contributed by atoms with Crippen molar-refractivity contribution < 1.29 is 9.59 Å². The molecule has 1 aliphatic heterocycles.